The first-order valence-corrected chi connectivity index (χ1v) is 6.72. The number of aromatic nitrogens is 1. The molecule has 4 nitrogen and oxygen atoms in total. The van der Waals surface area contributed by atoms with Crippen LogP contribution in [0, 0.1) is 0 Å². The van der Waals surface area contributed by atoms with E-state index in [2.05, 4.69) is 15.6 Å². The predicted octanol–water partition coefficient (Wildman–Crippen LogP) is 3.62. The van der Waals surface area contributed by atoms with Gasteiger partial charge in [0.1, 0.15) is 5.69 Å². The van der Waals surface area contributed by atoms with Crippen molar-refractivity contribution in [2.24, 2.45) is 0 Å². The molecule has 2 aromatic rings. The van der Waals surface area contributed by atoms with Gasteiger partial charge in [-0.15, -0.1) is 0 Å². The summed E-state index contributed by atoms with van der Waals surface area (Å²) in [6.45, 7) is 3.82. The molecular formula is C15H16ClN3O. The van der Waals surface area contributed by atoms with Gasteiger partial charge in [0.25, 0.3) is 5.91 Å². The third-order valence-electron chi connectivity index (χ3n) is 2.55. The zero-order valence-electron chi connectivity index (χ0n) is 11.4. The molecule has 20 heavy (non-hydrogen) atoms. The Morgan fingerprint density at radius 1 is 1.15 bits per heavy atom. The van der Waals surface area contributed by atoms with Crippen molar-refractivity contribution in [3.05, 3.63) is 53.3 Å². The van der Waals surface area contributed by atoms with Crippen LogP contribution in [0.25, 0.3) is 0 Å². The number of pyridine rings is 1. The number of carbonyl (C=O) groups excluding carboxylic acids is 1. The Morgan fingerprint density at radius 2 is 1.85 bits per heavy atom. The zero-order valence-corrected chi connectivity index (χ0v) is 12.1. The quantitative estimate of drug-likeness (QED) is 0.904. The van der Waals surface area contributed by atoms with Crippen LogP contribution >= 0.6 is 11.6 Å². The molecule has 0 fully saturated rings. The first-order valence-electron chi connectivity index (χ1n) is 6.34. The Morgan fingerprint density at radius 3 is 2.50 bits per heavy atom. The van der Waals surface area contributed by atoms with Gasteiger partial charge in [-0.3, -0.25) is 9.78 Å². The minimum Gasteiger partial charge on any atom is -0.355 e. The van der Waals surface area contributed by atoms with E-state index in [0.717, 1.165) is 11.4 Å². The molecule has 0 radical (unpaired) electrons. The fourth-order valence-electron chi connectivity index (χ4n) is 1.67. The van der Waals surface area contributed by atoms with Crippen molar-refractivity contribution in [1.29, 1.82) is 0 Å². The van der Waals surface area contributed by atoms with E-state index in [0.29, 0.717) is 10.7 Å². The average Bonchev–Trinajstić information content (AvgIpc) is 2.41. The molecule has 0 aliphatic heterocycles. The maximum absolute atomic E-state index is 11.9. The normalized spacial score (nSPS) is 10.4. The van der Waals surface area contributed by atoms with Gasteiger partial charge >= 0.3 is 0 Å². The van der Waals surface area contributed by atoms with E-state index in [-0.39, 0.29) is 11.9 Å². The number of nitrogens with one attached hydrogen (secondary N) is 2. The molecule has 0 spiro atoms. The maximum atomic E-state index is 11.9. The van der Waals surface area contributed by atoms with Gasteiger partial charge in [0.15, 0.2) is 0 Å². The Kier molecular flexibility index (Phi) is 4.58. The minimum absolute atomic E-state index is 0.0807. The number of rotatable bonds is 4. The summed E-state index contributed by atoms with van der Waals surface area (Å²) < 4.78 is 0. The molecule has 0 saturated heterocycles. The lowest BCUT2D eigenvalue weighted by Gasteiger charge is -2.10. The van der Waals surface area contributed by atoms with Crippen LogP contribution in [0.4, 0.5) is 11.4 Å². The molecule has 1 aromatic carbocycles. The summed E-state index contributed by atoms with van der Waals surface area (Å²) in [6, 6.07) is 11.0. The van der Waals surface area contributed by atoms with Crippen molar-refractivity contribution >= 4 is 28.9 Å². The Labute approximate surface area is 123 Å². The van der Waals surface area contributed by atoms with Gasteiger partial charge in [-0.25, -0.2) is 0 Å². The van der Waals surface area contributed by atoms with Crippen molar-refractivity contribution in [3.63, 3.8) is 0 Å². The molecule has 2 N–H and O–H groups in total. The molecule has 0 bridgehead atoms. The molecule has 0 saturated carbocycles. The summed E-state index contributed by atoms with van der Waals surface area (Å²) in [4.78, 5) is 16.0. The van der Waals surface area contributed by atoms with Gasteiger partial charge in [0, 0.05) is 28.6 Å². The number of amides is 1. The number of benzene rings is 1. The minimum atomic E-state index is -0.181. The van der Waals surface area contributed by atoms with Crippen LogP contribution < -0.4 is 10.6 Å². The molecule has 5 heteroatoms. The lowest BCUT2D eigenvalue weighted by Crippen LogP contribution is -2.30. The third kappa shape index (κ3) is 3.96. The number of hydrogen-bond donors (Lipinski definition) is 2. The number of anilines is 2. The van der Waals surface area contributed by atoms with E-state index in [4.69, 9.17) is 11.6 Å². The SMILES string of the molecule is CC(C)NC(=O)c1cc(Nc2ccc(Cl)cc2)ccn1. The predicted molar refractivity (Wildman–Crippen MR) is 81.6 cm³/mol. The van der Waals surface area contributed by atoms with Crippen LogP contribution in [0.5, 0.6) is 0 Å². The summed E-state index contributed by atoms with van der Waals surface area (Å²) in [5.41, 5.74) is 2.09. The van der Waals surface area contributed by atoms with Gasteiger partial charge in [0.2, 0.25) is 0 Å². The number of hydrogen-bond acceptors (Lipinski definition) is 3. The van der Waals surface area contributed by atoms with E-state index < -0.39 is 0 Å². The molecular weight excluding hydrogens is 274 g/mol. The highest BCUT2D eigenvalue weighted by Gasteiger charge is 2.09. The standard InChI is InChI=1S/C15H16ClN3O/c1-10(2)18-15(20)14-9-13(7-8-17-14)19-12-5-3-11(16)4-6-12/h3-10H,1-2H3,(H,17,19)(H,18,20). The molecule has 1 amide bonds. The van der Waals surface area contributed by atoms with Crippen LogP contribution in [0.1, 0.15) is 24.3 Å². The summed E-state index contributed by atoms with van der Waals surface area (Å²) in [5.74, 6) is -0.181. The second-order valence-corrected chi connectivity index (χ2v) is 5.13. The third-order valence-corrected chi connectivity index (χ3v) is 2.80. The molecule has 104 valence electrons. The molecule has 1 heterocycles. The van der Waals surface area contributed by atoms with Crippen molar-refractivity contribution < 1.29 is 4.79 Å². The van der Waals surface area contributed by atoms with Gasteiger partial charge in [-0.1, -0.05) is 11.6 Å². The van der Waals surface area contributed by atoms with E-state index in [1.165, 1.54) is 0 Å². The smallest absolute Gasteiger partial charge is 0.270 e. The number of nitrogens with zero attached hydrogens (tertiary/aromatic N) is 1. The van der Waals surface area contributed by atoms with E-state index in [1.54, 1.807) is 30.5 Å². The number of carbonyl (C=O) groups is 1. The molecule has 0 unspecified atom stereocenters. The summed E-state index contributed by atoms with van der Waals surface area (Å²) >= 11 is 5.84. The fraction of sp³-hybridized carbons (Fsp3) is 0.200. The fourth-order valence-corrected chi connectivity index (χ4v) is 1.79. The Balaban J connectivity index is 2.13. The lowest BCUT2D eigenvalue weighted by atomic mass is 10.2. The first kappa shape index (κ1) is 14.3. The van der Waals surface area contributed by atoms with Gasteiger partial charge in [-0.2, -0.15) is 0 Å². The summed E-state index contributed by atoms with van der Waals surface area (Å²) in [7, 11) is 0. The highest BCUT2D eigenvalue weighted by Crippen LogP contribution is 2.19. The maximum Gasteiger partial charge on any atom is 0.270 e. The highest BCUT2D eigenvalue weighted by molar-refractivity contribution is 6.30. The molecule has 0 aliphatic rings. The second kappa shape index (κ2) is 6.39. The van der Waals surface area contributed by atoms with E-state index >= 15 is 0 Å². The van der Waals surface area contributed by atoms with Crippen molar-refractivity contribution in [1.82, 2.24) is 10.3 Å². The first-order chi connectivity index (χ1) is 9.54. The van der Waals surface area contributed by atoms with Crippen molar-refractivity contribution in [3.8, 4) is 0 Å². The van der Waals surface area contributed by atoms with Gasteiger partial charge in [-0.05, 0) is 50.2 Å². The topological polar surface area (TPSA) is 54.0 Å². The van der Waals surface area contributed by atoms with E-state index in [9.17, 15) is 4.79 Å². The van der Waals surface area contributed by atoms with Crippen molar-refractivity contribution in [2.75, 3.05) is 5.32 Å². The summed E-state index contributed by atoms with van der Waals surface area (Å²) in [6.07, 6.45) is 1.60. The van der Waals surface area contributed by atoms with Crippen LogP contribution in [0.2, 0.25) is 5.02 Å². The zero-order chi connectivity index (χ0) is 14.5. The van der Waals surface area contributed by atoms with Crippen LogP contribution in [-0.4, -0.2) is 16.9 Å². The lowest BCUT2D eigenvalue weighted by molar-refractivity contribution is 0.0938. The molecule has 0 aliphatic carbocycles. The molecule has 0 atom stereocenters. The largest absolute Gasteiger partial charge is 0.355 e. The summed E-state index contributed by atoms with van der Waals surface area (Å²) in [5, 5.41) is 6.69. The monoisotopic (exact) mass is 289 g/mol. The second-order valence-electron chi connectivity index (χ2n) is 4.69. The molecule has 2 rings (SSSR count). The number of halogens is 1. The van der Waals surface area contributed by atoms with Gasteiger partial charge < -0.3 is 10.6 Å². The van der Waals surface area contributed by atoms with E-state index in [1.807, 2.05) is 26.0 Å². The van der Waals surface area contributed by atoms with Crippen LogP contribution in [0.3, 0.4) is 0 Å². The average molecular weight is 290 g/mol. The van der Waals surface area contributed by atoms with Crippen molar-refractivity contribution in [2.45, 2.75) is 19.9 Å². The van der Waals surface area contributed by atoms with Gasteiger partial charge in [0.05, 0.1) is 0 Å². The highest BCUT2D eigenvalue weighted by atomic mass is 35.5. The Bertz CT molecular complexity index is 596. The van der Waals surface area contributed by atoms with Crippen LogP contribution in [-0.2, 0) is 0 Å². The molecule has 1 aromatic heterocycles. The Hall–Kier alpha value is -2.07. The van der Waals surface area contributed by atoms with Crippen LogP contribution in [0.15, 0.2) is 42.6 Å².